The Morgan fingerprint density at radius 3 is 1.91 bits per heavy atom. The minimum atomic E-state index is 0.511. The zero-order chi connectivity index (χ0) is 24.2. The maximum atomic E-state index is 4.38. The first-order valence-electron chi connectivity index (χ1n) is 11.8. The van der Waals surface area contributed by atoms with Crippen LogP contribution in [0.25, 0.3) is 23.3 Å². The van der Waals surface area contributed by atoms with Crippen LogP contribution in [0.5, 0.6) is 0 Å². The number of rotatable bonds is 6. The molecule has 3 heteroatoms. The van der Waals surface area contributed by atoms with Gasteiger partial charge in [0.05, 0.1) is 11.4 Å². The molecule has 0 aliphatic heterocycles. The fourth-order valence-corrected chi connectivity index (χ4v) is 4.14. The molecule has 2 aliphatic carbocycles. The molecule has 2 aromatic rings. The molecule has 0 radical (unpaired) electrons. The van der Waals surface area contributed by atoms with Gasteiger partial charge in [0.15, 0.2) is 0 Å². The third-order valence-electron chi connectivity index (χ3n) is 6.25. The van der Waals surface area contributed by atoms with Crippen LogP contribution in [0.3, 0.4) is 0 Å². The molecule has 4 rings (SSSR count). The van der Waals surface area contributed by atoms with E-state index in [4.69, 9.17) is 0 Å². The first kappa shape index (κ1) is 23.4. The highest BCUT2D eigenvalue weighted by Gasteiger charge is 2.14. The minimum Gasteiger partial charge on any atom is -0.378 e. The first-order chi connectivity index (χ1) is 16.3. The van der Waals surface area contributed by atoms with Crippen LogP contribution in [0, 0.1) is 13.8 Å². The van der Waals surface area contributed by atoms with Crippen molar-refractivity contribution in [3.63, 3.8) is 0 Å². The van der Waals surface area contributed by atoms with Gasteiger partial charge in [-0.15, -0.1) is 0 Å². The van der Waals surface area contributed by atoms with Gasteiger partial charge in [-0.3, -0.25) is 0 Å². The molecule has 172 valence electrons. The van der Waals surface area contributed by atoms with Gasteiger partial charge in [0.2, 0.25) is 0 Å². The SMILES string of the molecule is Cc1cc(/C=C/c2ccc(N=Nc3ccc(N(C)C)cc3)cc2)c2c(C)ccc(C(C)C)cc1-2. The van der Waals surface area contributed by atoms with Crippen molar-refractivity contribution in [3.05, 3.63) is 101 Å². The van der Waals surface area contributed by atoms with Crippen LogP contribution in [-0.2, 0) is 0 Å². The second kappa shape index (κ2) is 10.0. The van der Waals surface area contributed by atoms with Gasteiger partial charge >= 0.3 is 0 Å². The fourth-order valence-electron chi connectivity index (χ4n) is 4.14. The van der Waals surface area contributed by atoms with Crippen LogP contribution in [0.2, 0.25) is 0 Å². The Balaban J connectivity index is 1.52. The van der Waals surface area contributed by atoms with E-state index in [1.54, 1.807) is 0 Å². The monoisotopic (exact) mass is 447 g/mol. The predicted octanol–water partition coefficient (Wildman–Crippen LogP) is 9.18. The highest BCUT2D eigenvalue weighted by molar-refractivity contribution is 5.87. The molecule has 0 saturated heterocycles. The first-order valence-corrected chi connectivity index (χ1v) is 11.8. The quantitative estimate of drug-likeness (QED) is 0.271. The molecule has 2 aliphatic rings. The van der Waals surface area contributed by atoms with Crippen LogP contribution < -0.4 is 4.90 Å². The van der Waals surface area contributed by atoms with Crippen molar-refractivity contribution >= 4 is 29.2 Å². The van der Waals surface area contributed by atoms with E-state index in [9.17, 15) is 0 Å². The summed E-state index contributed by atoms with van der Waals surface area (Å²) >= 11 is 0. The van der Waals surface area contributed by atoms with E-state index in [0.29, 0.717) is 5.92 Å². The largest absolute Gasteiger partial charge is 0.378 e. The molecule has 3 nitrogen and oxygen atoms in total. The fraction of sp³-hybridized carbons (Fsp3) is 0.226. The highest BCUT2D eigenvalue weighted by atomic mass is 15.1. The van der Waals surface area contributed by atoms with Crippen molar-refractivity contribution < 1.29 is 0 Å². The lowest BCUT2D eigenvalue weighted by molar-refractivity contribution is 0.868. The molecular weight excluding hydrogens is 414 g/mol. The topological polar surface area (TPSA) is 28.0 Å². The lowest BCUT2D eigenvalue weighted by atomic mass is 10.0. The second-order valence-electron chi connectivity index (χ2n) is 9.42. The Morgan fingerprint density at radius 1 is 0.706 bits per heavy atom. The number of fused-ring (bicyclic) bond motifs is 1. The van der Waals surface area contributed by atoms with Crippen molar-refractivity contribution in [3.8, 4) is 11.1 Å². The number of benzene rings is 2. The Kier molecular flexibility index (Phi) is 6.93. The van der Waals surface area contributed by atoms with E-state index in [-0.39, 0.29) is 0 Å². The third kappa shape index (κ3) is 5.26. The highest BCUT2D eigenvalue weighted by Crippen LogP contribution is 2.37. The van der Waals surface area contributed by atoms with Gasteiger partial charge in [-0.2, -0.15) is 10.2 Å². The summed E-state index contributed by atoms with van der Waals surface area (Å²) in [6.07, 6.45) is 4.39. The van der Waals surface area contributed by atoms with E-state index in [0.717, 1.165) is 22.6 Å². The molecule has 0 fully saturated rings. The zero-order valence-electron chi connectivity index (χ0n) is 21.0. The van der Waals surface area contributed by atoms with E-state index < -0.39 is 0 Å². The molecule has 0 N–H and O–H groups in total. The number of anilines is 1. The van der Waals surface area contributed by atoms with Gasteiger partial charge in [-0.25, -0.2) is 0 Å². The van der Waals surface area contributed by atoms with Crippen molar-refractivity contribution in [1.82, 2.24) is 0 Å². The molecular formula is C31H33N3. The summed E-state index contributed by atoms with van der Waals surface area (Å²) in [6, 6.07) is 25.4. The maximum absolute atomic E-state index is 4.38. The lowest BCUT2D eigenvalue weighted by Crippen LogP contribution is -2.07. The summed E-state index contributed by atoms with van der Waals surface area (Å²) in [5, 5.41) is 8.74. The molecule has 0 aromatic heterocycles. The summed E-state index contributed by atoms with van der Waals surface area (Å²) < 4.78 is 0. The predicted molar refractivity (Wildman–Crippen MR) is 147 cm³/mol. The molecule has 0 amide bonds. The maximum Gasteiger partial charge on any atom is 0.0858 e. The van der Waals surface area contributed by atoms with E-state index >= 15 is 0 Å². The van der Waals surface area contributed by atoms with Gasteiger partial charge in [-0.1, -0.05) is 62.4 Å². The minimum absolute atomic E-state index is 0.511. The van der Waals surface area contributed by atoms with Crippen molar-refractivity contribution in [1.29, 1.82) is 0 Å². The van der Waals surface area contributed by atoms with Gasteiger partial charge in [0.1, 0.15) is 0 Å². The van der Waals surface area contributed by atoms with Crippen LogP contribution in [-0.4, -0.2) is 14.1 Å². The summed E-state index contributed by atoms with van der Waals surface area (Å²) in [5.74, 6) is 0.511. The number of nitrogens with zero attached hydrogens (tertiary/aromatic N) is 3. The Morgan fingerprint density at radius 2 is 1.32 bits per heavy atom. The Bertz CT molecular complexity index is 1290. The molecule has 0 bridgehead atoms. The van der Waals surface area contributed by atoms with E-state index in [1.807, 2.05) is 50.5 Å². The summed E-state index contributed by atoms with van der Waals surface area (Å²) in [4.78, 5) is 2.07. The Hall–Kier alpha value is -3.72. The molecule has 0 heterocycles. The van der Waals surface area contributed by atoms with Gasteiger partial charge < -0.3 is 4.90 Å². The number of aryl methyl sites for hydroxylation is 2. The number of azo groups is 1. The molecule has 34 heavy (non-hydrogen) atoms. The number of hydrogen-bond donors (Lipinski definition) is 0. The average Bonchev–Trinajstić information content (AvgIpc) is 3.02. The molecule has 0 atom stereocenters. The van der Waals surface area contributed by atoms with Gasteiger partial charge in [0, 0.05) is 19.8 Å². The molecule has 0 spiro atoms. The molecule has 2 aromatic carbocycles. The standard InChI is InChI=1S/C31H33N3/c1-21(2)25-11-7-22(3)31-26(19-23(4)30(31)20-25)12-8-24-9-13-27(14-10-24)32-33-28-15-17-29(18-16-28)34(5)6/h7-21H,1-6H3/b12-8+,33-32?. The van der Waals surface area contributed by atoms with E-state index in [1.165, 1.54) is 33.4 Å². The Labute approximate surface area is 203 Å². The van der Waals surface area contributed by atoms with Crippen molar-refractivity contribution in [2.45, 2.75) is 33.6 Å². The summed E-state index contributed by atoms with van der Waals surface area (Å²) in [7, 11) is 4.05. The third-order valence-corrected chi connectivity index (χ3v) is 6.25. The summed E-state index contributed by atoms with van der Waals surface area (Å²) in [5.41, 5.74) is 11.9. The zero-order valence-corrected chi connectivity index (χ0v) is 21.0. The normalized spacial score (nSPS) is 11.9. The van der Waals surface area contributed by atoms with Crippen LogP contribution in [0.4, 0.5) is 17.1 Å². The summed E-state index contributed by atoms with van der Waals surface area (Å²) in [6.45, 7) is 8.91. The van der Waals surface area contributed by atoms with E-state index in [2.05, 4.69) is 91.4 Å². The second-order valence-corrected chi connectivity index (χ2v) is 9.42. The van der Waals surface area contributed by atoms with Crippen LogP contribution in [0.15, 0.2) is 83.0 Å². The van der Waals surface area contributed by atoms with Crippen LogP contribution >= 0.6 is 0 Å². The van der Waals surface area contributed by atoms with Gasteiger partial charge in [-0.05, 0) is 95.1 Å². The number of hydrogen-bond acceptors (Lipinski definition) is 3. The smallest absolute Gasteiger partial charge is 0.0858 e. The van der Waals surface area contributed by atoms with Crippen molar-refractivity contribution in [2.24, 2.45) is 10.2 Å². The van der Waals surface area contributed by atoms with Crippen LogP contribution in [0.1, 0.15) is 47.6 Å². The van der Waals surface area contributed by atoms with Crippen molar-refractivity contribution in [2.75, 3.05) is 19.0 Å². The lowest BCUT2D eigenvalue weighted by Gasteiger charge is -2.11. The average molecular weight is 448 g/mol. The molecule has 0 unspecified atom stereocenters. The molecule has 0 saturated carbocycles. The van der Waals surface area contributed by atoms with Gasteiger partial charge in [0.25, 0.3) is 0 Å².